The molecule has 58 heavy (non-hydrogen) atoms. The fourth-order valence-electron chi connectivity index (χ4n) is 9.05. The molecule has 0 amide bonds. The molecule has 11 rings (SSSR count). The van der Waals surface area contributed by atoms with E-state index in [0.717, 1.165) is 79.7 Å². The van der Waals surface area contributed by atoms with Crippen LogP contribution in [0, 0.1) is 18.5 Å². The third-order valence-electron chi connectivity index (χ3n) is 12.2. The quantitative estimate of drug-likeness (QED) is 0.130. The summed E-state index contributed by atoms with van der Waals surface area (Å²) in [6.07, 6.45) is 8.21. The predicted molar refractivity (Wildman–Crippen MR) is 228 cm³/mol. The van der Waals surface area contributed by atoms with Crippen molar-refractivity contribution in [1.82, 2.24) is 14.1 Å². The summed E-state index contributed by atoms with van der Waals surface area (Å²) in [5.41, 5.74) is 12.5. The first-order valence-corrected chi connectivity index (χ1v) is 19.7. The van der Waals surface area contributed by atoms with Crippen LogP contribution in [0.25, 0.3) is 72.5 Å². The van der Waals surface area contributed by atoms with E-state index in [0.29, 0.717) is 23.4 Å². The largest absolute Gasteiger partial charge is 0.510 e. The second kappa shape index (κ2) is 13.5. The minimum atomic E-state index is 0. The van der Waals surface area contributed by atoms with E-state index >= 15 is 0 Å². The topological polar surface area (TPSA) is 35.9 Å². The monoisotopic (exact) mass is 932 g/mol. The van der Waals surface area contributed by atoms with Crippen LogP contribution in [0.4, 0.5) is 0 Å². The molecule has 0 bridgehead atoms. The Kier molecular flexibility index (Phi) is 8.20. The molecule has 0 radical (unpaired) electrons. The number of nitrogens with zero attached hydrogens (tertiary/aromatic N) is 4. The number of rotatable bonds is 4. The number of aromatic nitrogens is 4. The Hall–Kier alpha value is -6.03. The summed E-state index contributed by atoms with van der Waals surface area (Å²) in [5.74, 6) is 1.95. The van der Waals surface area contributed by atoms with E-state index in [4.69, 9.17) is 9.72 Å². The number of hydrogen-bond acceptors (Lipinski definition) is 2. The van der Waals surface area contributed by atoms with Crippen molar-refractivity contribution in [3.63, 3.8) is 0 Å². The molecule has 1 aliphatic carbocycles. The zero-order valence-corrected chi connectivity index (χ0v) is 35.0. The number of ether oxygens (including phenoxy) is 1. The van der Waals surface area contributed by atoms with Crippen molar-refractivity contribution in [2.45, 2.75) is 51.4 Å². The van der Waals surface area contributed by atoms with E-state index in [1.807, 2.05) is 41.0 Å². The van der Waals surface area contributed by atoms with Gasteiger partial charge in [-0.2, -0.15) is 18.2 Å². The van der Waals surface area contributed by atoms with E-state index in [2.05, 4.69) is 154 Å². The molecule has 0 spiro atoms. The molecule has 3 aromatic heterocycles. The fourth-order valence-corrected chi connectivity index (χ4v) is 9.05. The molecule has 1 aliphatic heterocycles. The van der Waals surface area contributed by atoms with Crippen LogP contribution < -0.4 is 9.30 Å². The van der Waals surface area contributed by atoms with Gasteiger partial charge in [-0.25, -0.2) is 4.98 Å². The van der Waals surface area contributed by atoms with Crippen LogP contribution >= 0.6 is 0 Å². The van der Waals surface area contributed by atoms with Gasteiger partial charge in [-0.3, -0.25) is 4.57 Å². The van der Waals surface area contributed by atoms with E-state index in [1.165, 1.54) is 11.1 Å². The van der Waals surface area contributed by atoms with Crippen LogP contribution in [0.2, 0.25) is 0 Å². The van der Waals surface area contributed by atoms with E-state index in [1.54, 1.807) is 4.57 Å². The molecule has 9 aromatic rings. The average Bonchev–Trinajstić information content (AvgIpc) is 3.76. The van der Waals surface area contributed by atoms with Crippen molar-refractivity contribution in [3.8, 4) is 62.2 Å². The number of pyridine rings is 1. The molecule has 0 unspecified atom stereocenters. The van der Waals surface area contributed by atoms with Gasteiger partial charge < -0.3 is 13.9 Å². The summed E-state index contributed by atoms with van der Waals surface area (Å²) in [6.45, 7) is 9.36. The zero-order valence-electron chi connectivity index (χ0n) is 33.7. The van der Waals surface area contributed by atoms with Gasteiger partial charge in [0.25, 0.3) is 6.33 Å². The summed E-state index contributed by atoms with van der Waals surface area (Å²) in [4.78, 5) is 5.11. The fraction of sp³-hybridized carbons (Fsp3) is 0.154. The first kappa shape index (κ1) is 35.2. The predicted octanol–water partition coefficient (Wildman–Crippen LogP) is 12.1. The van der Waals surface area contributed by atoms with E-state index < -0.39 is 0 Å². The Morgan fingerprint density at radius 3 is 2.09 bits per heavy atom. The molecule has 0 atom stereocenters. The third-order valence-corrected chi connectivity index (χ3v) is 12.2. The number of hydrogen-bond donors (Lipinski definition) is 0. The number of benzene rings is 6. The summed E-state index contributed by atoms with van der Waals surface area (Å²) in [7, 11) is 0. The third kappa shape index (κ3) is 5.70. The molecule has 4 heterocycles. The zero-order chi connectivity index (χ0) is 39.3. The second-order valence-electron chi connectivity index (χ2n) is 16.6. The first-order valence-electron chi connectivity index (χ1n) is 20.2. The maximum atomic E-state index is 9.65. The molecule has 2 aliphatic rings. The van der Waals surface area contributed by atoms with Gasteiger partial charge in [0.05, 0.1) is 12.8 Å². The first-order chi connectivity index (χ1) is 28.2. The van der Waals surface area contributed by atoms with Crippen molar-refractivity contribution in [1.29, 1.82) is 0 Å². The Morgan fingerprint density at radius 2 is 1.29 bits per heavy atom. The molecular formula is C52H40N4OPt-2. The Morgan fingerprint density at radius 1 is 0.655 bits per heavy atom. The Labute approximate surface area is 354 Å². The molecule has 0 saturated carbocycles. The molecule has 286 valence electrons. The van der Waals surface area contributed by atoms with Crippen LogP contribution in [-0.4, -0.2) is 14.1 Å². The minimum Gasteiger partial charge on any atom is -0.510 e. The summed E-state index contributed by atoms with van der Waals surface area (Å²) < 4.78 is 22.2. The smallest absolute Gasteiger partial charge is 0.267 e. The van der Waals surface area contributed by atoms with Crippen LogP contribution in [0.3, 0.4) is 0 Å². The molecule has 6 aromatic carbocycles. The number of fused-ring (bicyclic) bond motifs is 12. The van der Waals surface area contributed by atoms with Crippen molar-refractivity contribution in [2.75, 3.05) is 0 Å². The molecule has 0 fully saturated rings. The van der Waals surface area contributed by atoms with Gasteiger partial charge in [0.2, 0.25) is 0 Å². The Bertz CT molecular complexity index is 3140. The number of imidazole rings is 1. The Balaban J connectivity index is 0.00000420. The maximum Gasteiger partial charge on any atom is 0.267 e. The van der Waals surface area contributed by atoms with Crippen molar-refractivity contribution >= 4 is 21.8 Å². The molecule has 0 N–H and O–H groups in total. The number of para-hydroxylation sites is 2. The van der Waals surface area contributed by atoms with Crippen LogP contribution in [0.1, 0.15) is 53.0 Å². The molecule has 5 nitrogen and oxygen atoms in total. The minimum absolute atomic E-state index is 0. The van der Waals surface area contributed by atoms with Crippen molar-refractivity contribution in [2.24, 2.45) is 0 Å². The summed E-state index contributed by atoms with van der Waals surface area (Å²) in [6, 6.07) is 52.9. The van der Waals surface area contributed by atoms with Crippen molar-refractivity contribution < 1.29 is 31.7 Å². The molecule has 0 saturated heterocycles. The summed E-state index contributed by atoms with van der Waals surface area (Å²) in [5, 5.41) is 2.22. The SMILES string of the molecule is [2H]c1c2[n+]([c-]n1-c1[c-]c(Oc3[c-]c4c(cc3)c3ccccc3n4-c3cc4c(cn3)C(C)(C)CCC4(C)C)ccc1)-c1ccccc1-c1ccccc1-c1ccccc1-2.[Pt]. The molecular weight excluding hydrogens is 892 g/mol. The van der Waals surface area contributed by atoms with Gasteiger partial charge >= 0.3 is 0 Å². The van der Waals surface area contributed by atoms with Crippen LogP contribution in [0.5, 0.6) is 11.5 Å². The second-order valence-corrected chi connectivity index (χ2v) is 16.6. The van der Waals surface area contributed by atoms with Gasteiger partial charge in [0.1, 0.15) is 5.82 Å². The van der Waals surface area contributed by atoms with E-state index in [-0.39, 0.29) is 31.9 Å². The average molecular weight is 933 g/mol. The van der Waals surface area contributed by atoms with Gasteiger partial charge in [-0.05, 0) is 91.9 Å². The standard InChI is InChI=1S/C52H40N4O.Pt/c1-51(2)26-27-52(3,4)45-31-53-50(30-44(45)51)56-47-23-12-10-21-42(47)43-25-24-36(29-48(43)56)57-35-15-13-14-34(28-35)54-32-49-41-20-8-7-18-39(41)37-16-5-6-17-38(37)40-19-9-11-22-46(40)55(49)33-54;/h5-25,30-32H,26-27H2,1-4H3;/q-2;/i32D;. The van der Waals surface area contributed by atoms with Crippen LogP contribution in [-0.2, 0) is 31.9 Å². The van der Waals surface area contributed by atoms with Crippen LogP contribution in [0.15, 0.2) is 146 Å². The van der Waals surface area contributed by atoms with Crippen molar-refractivity contribution in [3.05, 3.63) is 175 Å². The maximum absolute atomic E-state index is 9.65. The van der Waals surface area contributed by atoms with E-state index in [9.17, 15) is 1.37 Å². The molecule has 6 heteroatoms. The van der Waals surface area contributed by atoms with Gasteiger partial charge in [-0.15, -0.1) is 29.7 Å². The van der Waals surface area contributed by atoms with Gasteiger partial charge in [-0.1, -0.05) is 118 Å². The van der Waals surface area contributed by atoms with Gasteiger partial charge in [0, 0.05) is 50.5 Å². The normalized spacial score (nSPS) is 14.8. The summed E-state index contributed by atoms with van der Waals surface area (Å²) >= 11 is 0. The van der Waals surface area contributed by atoms with Gasteiger partial charge in [0.15, 0.2) is 0 Å².